The van der Waals surface area contributed by atoms with Gasteiger partial charge in [-0.25, -0.2) is 0 Å². The molecule has 48 valence electrons. The maximum absolute atomic E-state index is 9.84. The highest BCUT2D eigenvalue weighted by molar-refractivity contribution is 7.14. The Balaban J connectivity index is 2.38. The Morgan fingerprint density at radius 2 is 2.67 bits per heavy atom. The molecule has 0 bridgehead atoms. The molecule has 0 aliphatic rings. The van der Waals surface area contributed by atoms with Crippen molar-refractivity contribution in [3.05, 3.63) is 17.5 Å². The average molecular weight is 141 g/mol. The van der Waals surface area contributed by atoms with Crippen molar-refractivity contribution in [1.29, 1.82) is 0 Å². The number of thiophene rings is 1. The molecule has 1 heterocycles. The molecule has 0 aliphatic carbocycles. The summed E-state index contributed by atoms with van der Waals surface area (Å²) in [5, 5.41) is 5.93. The first-order chi connectivity index (χ1) is 4.43. The van der Waals surface area contributed by atoms with Gasteiger partial charge in [0.15, 0.2) is 0 Å². The van der Waals surface area contributed by atoms with E-state index in [1.807, 2.05) is 17.5 Å². The summed E-state index contributed by atoms with van der Waals surface area (Å²) in [5.41, 5.74) is 0. The van der Waals surface area contributed by atoms with E-state index in [4.69, 9.17) is 0 Å². The quantitative estimate of drug-likeness (QED) is 0.644. The van der Waals surface area contributed by atoms with Crippen LogP contribution in [0.2, 0.25) is 0 Å². The zero-order chi connectivity index (χ0) is 6.53. The predicted octanol–water partition coefficient (Wildman–Crippen LogP) is 1.36. The first-order valence-corrected chi connectivity index (χ1v) is 3.52. The molecule has 0 saturated carbocycles. The Labute approximate surface area is 57.5 Å². The second-order valence-corrected chi connectivity index (χ2v) is 2.47. The van der Waals surface area contributed by atoms with Crippen LogP contribution >= 0.6 is 11.3 Å². The van der Waals surface area contributed by atoms with E-state index in [1.54, 1.807) is 11.3 Å². The van der Waals surface area contributed by atoms with Crippen LogP contribution in [0.15, 0.2) is 17.5 Å². The van der Waals surface area contributed by atoms with Gasteiger partial charge in [0.1, 0.15) is 6.29 Å². The fourth-order valence-corrected chi connectivity index (χ4v) is 1.15. The molecule has 0 atom stereocenters. The van der Waals surface area contributed by atoms with Crippen LogP contribution < -0.4 is 5.32 Å². The van der Waals surface area contributed by atoms with Gasteiger partial charge in [-0.05, 0) is 17.5 Å². The highest BCUT2D eigenvalue weighted by Crippen LogP contribution is 2.13. The van der Waals surface area contributed by atoms with Crippen LogP contribution in [0.3, 0.4) is 0 Å². The number of hydrogen-bond donors (Lipinski definition) is 1. The summed E-state index contributed by atoms with van der Waals surface area (Å²) in [4.78, 5) is 9.84. The lowest BCUT2D eigenvalue weighted by Gasteiger charge is -1.92. The molecule has 2 nitrogen and oxygen atoms in total. The Morgan fingerprint density at radius 1 is 1.78 bits per heavy atom. The summed E-state index contributed by atoms with van der Waals surface area (Å²) in [6, 6.07) is 3.88. The van der Waals surface area contributed by atoms with Gasteiger partial charge in [-0.3, -0.25) is 0 Å². The molecule has 9 heavy (non-hydrogen) atoms. The van der Waals surface area contributed by atoms with Gasteiger partial charge in [-0.15, -0.1) is 11.3 Å². The minimum Gasteiger partial charge on any atom is -0.370 e. The molecule has 0 amide bonds. The van der Waals surface area contributed by atoms with Crippen molar-refractivity contribution >= 4 is 22.6 Å². The molecule has 1 rings (SSSR count). The second-order valence-electron chi connectivity index (χ2n) is 1.52. The van der Waals surface area contributed by atoms with E-state index < -0.39 is 0 Å². The maximum Gasteiger partial charge on any atom is 0.139 e. The lowest BCUT2D eigenvalue weighted by atomic mass is 10.6. The molecule has 0 aliphatic heterocycles. The first kappa shape index (κ1) is 6.29. The van der Waals surface area contributed by atoms with E-state index in [2.05, 4.69) is 5.32 Å². The highest BCUT2D eigenvalue weighted by Gasteiger charge is 1.86. The molecule has 0 aromatic carbocycles. The Morgan fingerprint density at radius 3 is 3.22 bits per heavy atom. The fraction of sp³-hybridized carbons (Fsp3) is 0.167. The summed E-state index contributed by atoms with van der Waals surface area (Å²) >= 11 is 1.59. The summed E-state index contributed by atoms with van der Waals surface area (Å²) < 4.78 is 0. The largest absolute Gasteiger partial charge is 0.370 e. The number of carbonyl (C=O) groups excluding carboxylic acids is 1. The maximum atomic E-state index is 9.84. The van der Waals surface area contributed by atoms with Crippen molar-refractivity contribution in [3.63, 3.8) is 0 Å². The minimum absolute atomic E-state index is 0.403. The Hall–Kier alpha value is -0.830. The van der Waals surface area contributed by atoms with Gasteiger partial charge < -0.3 is 10.1 Å². The average Bonchev–Trinajstić information content (AvgIpc) is 2.34. The number of nitrogens with one attached hydrogen (secondary N) is 1. The van der Waals surface area contributed by atoms with Crippen molar-refractivity contribution in [2.45, 2.75) is 0 Å². The standard InChI is InChI=1S/C6H7NOS/c8-4-3-7-6-2-1-5-9-6/h1-2,4-5,7H,3H2. The van der Waals surface area contributed by atoms with Crippen LogP contribution in [0.25, 0.3) is 0 Å². The van der Waals surface area contributed by atoms with Crippen molar-refractivity contribution in [3.8, 4) is 0 Å². The number of rotatable bonds is 3. The van der Waals surface area contributed by atoms with Crippen molar-refractivity contribution in [2.75, 3.05) is 11.9 Å². The van der Waals surface area contributed by atoms with Crippen molar-refractivity contribution < 1.29 is 4.79 Å². The molecule has 1 aromatic rings. The van der Waals surface area contributed by atoms with Gasteiger partial charge in [0.05, 0.1) is 11.5 Å². The topological polar surface area (TPSA) is 29.1 Å². The number of carbonyl (C=O) groups is 1. The van der Waals surface area contributed by atoms with Crippen LogP contribution in [0.5, 0.6) is 0 Å². The molecule has 0 saturated heterocycles. The third kappa shape index (κ3) is 1.85. The van der Waals surface area contributed by atoms with Crippen LogP contribution in [0.1, 0.15) is 0 Å². The smallest absolute Gasteiger partial charge is 0.139 e. The Kier molecular flexibility index (Phi) is 2.27. The summed E-state index contributed by atoms with van der Waals surface area (Å²) in [6.07, 6.45) is 0.847. The van der Waals surface area contributed by atoms with Crippen molar-refractivity contribution in [1.82, 2.24) is 0 Å². The minimum atomic E-state index is 0.403. The molecular weight excluding hydrogens is 134 g/mol. The SMILES string of the molecule is O=CCNc1cccs1. The number of aldehydes is 1. The zero-order valence-corrected chi connectivity index (χ0v) is 5.65. The van der Waals surface area contributed by atoms with E-state index in [1.165, 1.54) is 0 Å². The van der Waals surface area contributed by atoms with E-state index in [0.717, 1.165) is 11.3 Å². The van der Waals surface area contributed by atoms with Gasteiger partial charge in [-0.2, -0.15) is 0 Å². The molecule has 0 radical (unpaired) electrons. The molecular formula is C6H7NOS. The van der Waals surface area contributed by atoms with Crippen LogP contribution in [0, 0.1) is 0 Å². The van der Waals surface area contributed by atoms with Gasteiger partial charge >= 0.3 is 0 Å². The van der Waals surface area contributed by atoms with Gasteiger partial charge in [0.25, 0.3) is 0 Å². The zero-order valence-electron chi connectivity index (χ0n) is 4.83. The molecule has 0 fully saturated rings. The van der Waals surface area contributed by atoms with Gasteiger partial charge in [0.2, 0.25) is 0 Å². The van der Waals surface area contributed by atoms with Crippen LogP contribution in [0.4, 0.5) is 5.00 Å². The lowest BCUT2D eigenvalue weighted by Crippen LogP contribution is -1.99. The van der Waals surface area contributed by atoms with Crippen molar-refractivity contribution in [2.24, 2.45) is 0 Å². The van der Waals surface area contributed by atoms with E-state index >= 15 is 0 Å². The number of anilines is 1. The van der Waals surface area contributed by atoms with Gasteiger partial charge in [-0.1, -0.05) is 0 Å². The summed E-state index contributed by atoms with van der Waals surface area (Å²) in [6.45, 7) is 0.403. The third-order valence-electron chi connectivity index (χ3n) is 0.881. The molecule has 0 spiro atoms. The van der Waals surface area contributed by atoms with E-state index in [0.29, 0.717) is 6.54 Å². The first-order valence-electron chi connectivity index (χ1n) is 2.64. The highest BCUT2D eigenvalue weighted by atomic mass is 32.1. The number of hydrogen-bond acceptors (Lipinski definition) is 3. The Bertz CT molecular complexity index is 171. The van der Waals surface area contributed by atoms with Gasteiger partial charge in [0, 0.05) is 0 Å². The van der Waals surface area contributed by atoms with Crippen LogP contribution in [-0.2, 0) is 4.79 Å². The van der Waals surface area contributed by atoms with E-state index in [9.17, 15) is 4.79 Å². The third-order valence-corrected chi connectivity index (χ3v) is 1.71. The molecule has 0 unspecified atom stereocenters. The second kappa shape index (κ2) is 3.25. The summed E-state index contributed by atoms with van der Waals surface area (Å²) in [7, 11) is 0. The van der Waals surface area contributed by atoms with Crippen LogP contribution in [-0.4, -0.2) is 12.8 Å². The monoisotopic (exact) mass is 141 g/mol. The normalized spacial score (nSPS) is 8.89. The molecule has 1 N–H and O–H groups in total. The predicted molar refractivity (Wildman–Crippen MR) is 38.9 cm³/mol. The summed E-state index contributed by atoms with van der Waals surface area (Å²) in [5.74, 6) is 0. The lowest BCUT2D eigenvalue weighted by molar-refractivity contribution is -0.106. The fourth-order valence-electron chi connectivity index (χ4n) is 0.521. The molecule has 1 aromatic heterocycles. The molecule has 3 heteroatoms. The van der Waals surface area contributed by atoms with E-state index in [-0.39, 0.29) is 0 Å².